The second-order valence-corrected chi connectivity index (χ2v) is 5.72. The number of nitrogen functional groups attached to an aromatic ring is 1. The molecule has 1 fully saturated rings. The lowest BCUT2D eigenvalue weighted by Gasteiger charge is -2.22. The van der Waals surface area contributed by atoms with E-state index in [0.717, 1.165) is 34.5 Å². The van der Waals surface area contributed by atoms with Crippen LogP contribution in [-0.4, -0.2) is 25.4 Å². The molecule has 3 N–H and O–H groups in total. The zero-order chi connectivity index (χ0) is 12.8. The summed E-state index contributed by atoms with van der Waals surface area (Å²) in [5.74, 6) is 2.81. The van der Waals surface area contributed by atoms with Gasteiger partial charge in [0.05, 0.1) is 6.61 Å². The van der Waals surface area contributed by atoms with Crippen LogP contribution in [0.3, 0.4) is 0 Å². The Morgan fingerprint density at radius 1 is 1.50 bits per heavy atom. The zero-order valence-electron chi connectivity index (χ0n) is 10.9. The van der Waals surface area contributed by atoms with E-state index in [1.54, 1.807) is 0 Å². The summed E-state index contributed by atoms with van der Waals surface area (Å²) >= 11 is 1.85. The van der Waals surface area contributed by atoms with Crippen LogP contribution in [0.15, 0.2) is 23.1 Å². The molecular formula is C14H22N2OS. The van der Waals surface area contributed by atoms with Crippen molar-refractivity contribution in [3.63, 3.8) is 0 Å². The SMILES string of the molecule is CCOc1ccc(N)c(SCC2CCCNC2)c1. The number of thioether (sulfide) groups is 1. The van der Waals surface area contributed by atoms with E-state index in [0.29, 0.717) is 6.61 Å². The lowest BCUT2D eigenvalue weighted by atomic mass is 10.0. The van der Waals surface area contributed by atoms with Crippen molar-refractivity contribution >= 4 is 17.4 Å². The summed E-state index contributed by atoms with van der Waals surface area (Å²) in [6.45, 7) is 5.00. The van der Waals surface area contributed by atoms with E-state index in [-0.39, 0.29) is 0 Å². The molecule has 1 unspecified atom stereocenters. The quantitative estimate of drug-likeness (QED) is 0.635. The van der Waals surface area contributed by atoms with Crippen LogP contribution >= 0.6 is 11.8 Å². The van der Waals surface area contributed by atoms with E-state index in [2.05, 4.69) is 11.4 Å². The first-order valence-electron chi connectivity index (χ1n) is 6.65. The van der Waals surface area contributed by atoms with E-state index in [1.807, 2.05) is 30.8 Å². The van der Waals surface area contributed by atoms with Crippen LogP contribution in [0.2, 0.25) is 0 Å². The molecule has 1 aliphatic heterocycles. The Bertz CT molecular complexity index is 378. The highest BCUT2D eigenvalue weighted by atomic mass is 32.2. The van der Waals surface area contributed by atoms with Crippen molar-refractivity contribution in [1.29, 1.82) is 0 Å². The van der Waals surface area contributed by atoms with Crippen molar-refractivity contribution in [2.75, 3.05) is 31.2 Å². The smallest absolute Gasteiger partial charge is 0.120 e. The molecule has 1 aromatic carbocycles. The minimum Gasteiger partial charge on any atom is -0.494 e. The molecule has 2 rings (SSSR count). The third kappa shape index (κ3) is 3.82. The van der Waals surface area contributed by atoms with Crippen molar-refractivity contribution in [3.8, 4) is 5.75 Å². The van der Waals surface area contributed by atoms with Gasteiger partial charge in [0.15, 0.2) is 0 Å². The van der Waals surface area contributed by atoms with Gasteiger partial charge in [-0.2, -0.15) is 0 Å². The van der Waals surface area contributed by atoms with E-state index >= 15 is 0 Å². The second kappa shape index (κ2) is 6.90. The van der Waals surface area contributed by atoms with Crippen LogP contribution in [0.4, 0.5) is 5.69 Å². The fourth-order valence-electron chi connectivity index (χ4n) is 2.17. The van der Waals surface area contributed by atoms with Crippen LogP contribution in [0.25, 0.3) is 0 Å². The van der Waals surface area contributed by atoms with Crippen molar-refractivity contribution in [3.05, 3.63) is 18.2 Å². The van der Waals surface area contributed by atoms with Gasteiger partial charge in [0, 0.05) is 16.3 Å². The van der Waals surface area contributed by atoms with Crippen LogP contribution in [-0.2, 0) is 0 Å². The van der Waals surface area contributed by atoms with Gasteiger partial charge in [0.2, 0.25) is 0 Å². The maximum absolute atomic E-state index is 6.01. The van der Waals surface area contributed by atoms with Gasteiger partial charge in [-0.15, -0.1) is 11.8 Å². The first-order valence-corrected chi connectivity index (χ1v) is 7.64. The summed E-state index contributed by atoms with van der Waals surface area (Å²) in [6.07, 6.45) is 2.62. The fraction of sp³-hybridized carbons (Fsp3) is 0.571. The predicted molar refractivity (Wildman–Crippen MR) is 78.3 cm³/mol. The van der Waals surface area contributed by atoms with Gasteiger partial charge in [-0.05, 0) is 57.0 Å². The summed E-state index contributed by atoms with van der Waals surface area (Å²) in [5, 5.41) is 3.45. The standard InChI is InChI=1S/C14H22N2OS/c1-2-17-12-5-6-13(15)14(8-12)18-10-11-4-3-7-16-9-11/h5-6,8,11,16H,2-4,7,9-10,15H2,1H3. The molecule has 3 nitrogen and oxygen atoms in total. The molecular weight excluding hydrogens is 244 g/mol. The minimum absolute atomic E-state index is 0.695. The largest absolute Gasteiger partial charge is 0.494 e. The molecule has 1 aliphatic rings. The molecule has 0 aromatic heterocycles. The Labute approximate surface area is 113 Å². The Balaban J connectivity index is 1.92. The van der Waals surface area contributed by atoms with Crippen LogP contribution in [0.5, 0.6) is 5.75 Å². The Morgan fingerprint density at radius 2 is 2.39 bits per heavy atom. The predicted octanol–water partition coefficient (Wildman–Crippen LogP) is 2.76. The molecule has 0 radical (unpaired) electrons. The third-order valence-electron chi connectivity index (χ3n) is 3.17. The Kier molecular flexibility index (Phi) is 5.20. The van der Waals surface area contributed by atoms with Crippen molar-refractivity contribution in [2.45, 2.75) is 24.7 Å². The summed E-state index contributed by atoms with van der Waals surface area (Å²) in [5.41, 5.74) is 6.86. The molecule has 1 saturated heterocycles. The number of nitrogens with one attached hydrogen (secondary N) is 1. The molecule has 1 heterocycles. The first-order chi connectivity index (χ1) is 8.79. The van der Waals surface area contributed by atoms with E-state index in [4.69, 9.17) is 10.5 Å². The van der Waals surface area contributed by atoms with Gasteiger partial charge in [-0.1, -0.05) is 0 Å². The van der Waals surface area contributed by atoms with E-state index in [1.165, 1.54) is 19.4 Å². The number of hydrogen-bond donors (Lipinski definition) is 2. The summed E-state index contributed by atoms with van der Waals surface area (Å²) in [6, 6.07) is 5.93. The normalized spacial score (nSPS) is 19.7. The van der Waals surface area contributed by atoms with Crippen LogP contribution in [0.1, 0.15) is 19.8 Å². The van der Waals surface area contributed by atoms with Gasteiger partial charge >= 0.3 is 0 Å². The number of ether oxygens (including phenoxy) is 1. The Morgan fingerprint density at radius 3 is 3.11 bits per heavy atom. The fourth-order valence-corrected chi connectivity index (χ4v) is 3.30. The highest BCUT2D eigenvalue weighted by Crippen LogP contribution is 2.31. The molecule has 18 heavy (non-hydrogen) atoms. The minimum atomic E-state index is 0.695. The van der Waals surface area contributed by atoms with Crippen molar-refractivity contribution < 1.29 is 4.74 Å². The van der Waals surface area contributed by atoms with Crippen molar-refractivity contribution in [2.24, 2.45) is 5.92 Å². The van der Waals surface area contributed by atoms with Gasteiger partial charge in [0.1, 0.15) is 5.75 Å². The number of hydrogen-bond acceptors (Lipinski definition) is 4. The molecule has 4 heteroatoms. The van der Waals surface area contributed by atoms with Gasteiger partial charge in [0.25, 0.3) is 0 Å². The zero-order valence-corrected chi connectivity index (χ0v) is 11.8. The molecule has 0 amide bonds. The number of rotatable bonds is 5. The topological polar surface area (TPSA) is 47.3 Å². The number of benzene rings is 1. The molecule has 0 aliphatic carbocycles. The maximum atomic E-state index is 6.01. The summed E-state index contributed by atoms with van der Waals surface area (Å²) in [7, 11) is 0. The monoisotopic (exact) mass is 266 g/mol. The molecule has 1 aromatic rings. The number of piperidine rings is 1. The highest BCUT2D eigenvalue weighted by Gasteiger charge is 2.14. The van der Waals surface area contributed by atoms with Gasteiger partial charge < -0.3 is 15.8 Å². The summed E-state index contributed by atoms with van der Waals surface area (Å²) < 4.78 is 5.51. The Hall–Kier alpha value is -0.870. The van der Waals surface area contributed by atoms with Crippen LogP contribution in [0, 0.1) is 5.92 Å². The van der Waals surface area contributed by atoms with Gasteiger partial charge in [-0.3, -0.25) is 0 Å². The first kappa shape index (κ1) is 13.6. The van der Waals surface area contributed by atoms with Crippen LogP contribution < -0.4 is 15.8 Å². The lowest BCUT2D eigenvalue weighted by Crippen LogP contribution is -2.30. The molecule has 0 bridgehead atoms. The molecule has 0 saturated carbocycles. The van der Waals surface area contributed by atoms with E-state index < -0.39 is 0 Å². The lowest BCUT2D eigenvalue weighted by molar-refractivity contribution is 0.339. The highest BCUT2D eigenvalue weighted by molar-refractivity contribution is 7.99. The van der Waals surface area contributed by atoms with Gasteiger partial charge in [-0.25, -0.2) is 0 Å². The van der Waals surface area contributed by atoms with Crippen molar-refractivity contribution in [1.82, 2.24) is 5.32 Å². The molecule has 0 spiro atoms. The third-order valence-corrected chi connectivity index (χ3v) is 4.47. The summed E-state index contributed by atoms with van der Waals surface area (Å²) in [4.78, 5) is 1.14. The average molecular weight is 266 g/mol. The van der Waals surface area contributed by atoms with E-state index in [9.17, 15) is 0 Å². The molecule has 100 valence electrons. The molecule has 1 atom stereocenters. The maximum Gasteiger partial charge on any atom is 0.120 e. The second-order valence-electron chi connectivity index (χ2n) is 4.66. The average Bonchev–Trinajstić information content (AvgIpc) is 2.41. The number of nitrogens with two attached hydrogens (primary N) is 1. The number of anilines is 1.